The second-order valence-electron chi connectivity index (χ2n) is 12.5. The van der Waals surface area contributed by atoms with Crippen LogP contribution in [0.1, 0.15) is 82.1 Å². The monoisotopic (exact) mass is 522 g/mol. The van der Waals surface area contributed by atoms with Crippen molar-refractivity contribution in [2.24, 2.45) is 46.8 Å². The van der Waals surface area contributed by atoms with E-state index in [-0.39, 0.29) is 23.1 Å². The lowest BCUT2D eigenvalue weighted by Gasteiger charge is -2.56. The third-order valence-electron chi connectivity index (χ3n) is 10.7. The number of pyridine rings is 1. The maximum absolute atomic E-state index is 12.9. The van der Waals surface area contributed by atoms with Crippen LogP contribution >= 0.6 is 0 Å². The molecule has 3 unspecified atom stereocenters. The molecule has 0 radical (unpaired) electrons. The molecule has 4 aliphatic carbocycles. The first-order valence-corrected chi connectivity index (χ1v) is 14.1. The molecular weight excluding hydrogens is 481 g/mol. The molecule has 4 fully saturated rings. The van der Waals surface area contributed by atoms with E-state index in [1.54, 1.807) is 0 Å². The van der Waals surface area contributed by atoms with Crippen molar-refractivity contribution in [3.8, 4) is 5.75 Å². The van der Waals surface area contributed by atoms with E-state index >= 15 is 0 Å². The Morgan fingerprint density at radius 2 is 1.89 bits per heavy atom. The number of carbonyl (C=O) groups excluding carboxylic acids is 1. The van der Waals surface area contributed by atoms with Gasteiger partial charge in [-0.3, -0.25) is 4.79 Å². The zero-order valence-electron chi connectivity index (χ0n) is 22.2. The van der Waals surface area contributed by atoms with Gasteiger partial charge >= 0.3 is 6.36 Å². The number of halogens is 3. The van der Waals surface area contributed by atoms with Crippen LogP contribution in [0.15, 0.2) is 18.3 Å². The van der Waals surface area contributed by atoms with Gasteiger partial charge in [0.1, 0.15) is 11.4 Å². The van der Waals surface area contributed by atoms with Gasteiger partial charge in [-0.15, -0.1) is 13.2 Å². The number of hydrogen-bond acceptors (Lipinski definition) is 4. The number of carbonyl (C=O) groups is 1. The average Bonchev–Trinajstić information content (AvgIpc) is 3.20. The molecule has 9 atom stereocenters. The Morgan fingerprint density at radius 3 is 2.59 bits per heavy atom. The number of nitrogens with zero attached hydrogens (tertiary/aromatic N) is 1. The van der Waals surface area contributed by atoms with E-state index in [1.807, 2.05) is 7.11 Å². The molecule has 1 heterocycles. The molecule has 37 heavy (non-hydrogen) atoms. The Labute approximate surface area is 218 Å². The minimum Gasteiger partial charge on any atom is -0.404 e. The number of ether oxygens (including phenoxy) is 2. The SMILES string of the molecule is COC[C@H]1CC[C@@H]2C3CC[C@@]4(C)C(CCC4[C@H](C)NC(=O)c4ccc(OC(F)(F)F)cn4)[C@@H]3CC[C@@H]2C1. The third-order valence-corrected chi connectivity index (χ3v) is 10.7. The van der Waals surface area contributed by atoms with Crippen molar-refractivity contribution >= 4 is 5.91 Å². The van der Waals surface area contributed by atoms with Gasteiger partial charge in [0.15, 0.2) is 0 Å². The van der Waals surface area contributed by atoms with E-state index < -0.39 is 12.1 Å². The van der Waals surface area contributed by atoms with Gasteiger partial charge in [0, 0.05) is 19.8 Å². The molecule has 8 heteroatoms. The third kappa shape index (κ3) is 5.37. The van der Waals surface area contributed by atoms with Crippen LogP contribution in [0.3, 0.4) is 0 Å². The van der Waals surface area contributed by atoms with E-state index in [0.29, 0.717) is 11.8 Å². The molecule has 1 N–H and O–H groups in total. The highest BCUT2D eigenvalue weighted by atomic mass is 19.4. The highest BCUT2D eigenvalue weighted by molar-refractivity contribution is 5.92. The van der Waals surface area contributed by atoms with Crippen LogP contribution < -0.4 is 10.1 Å². The Bertz CT molecular complexity index is 955. The minimum atomic E-state index is -4.78. The zero-order chi connectivity index (χ0) is 26.4. The molecule has 1 aromatic rings. The lowest BCUT2D eigenvalue weighted by molar-refractivity contribution is -0.274. The quantitative estimate of drug-likeness (QED) is 0.456. The summed E-state index contributed by atoms with van der Waals surface area (Å²) < 4.78 is 46.6. The van der Waals surface area contributed by atoms with Crippen LogP contribution in [0.2, 0.25) is 0 Å². The average molecular weight is 523 g/mol. The normalized spacial score (nSPS) is 38.2. The number of amides is 1. The van der Waals surface area contributed by atoms with Crippen LogP contribution in [0.25, 0.3) is 0 Å². The molecule has 0 aliphatic heterocycles. The summed E-state index contributed by atoms with van der Waals surface area (Å²) in [5.41, 5.74) is 0.318. The molecule has 0 spiro atoms. The van der Waals surface area contributed by atoms with Crippen LogP contribution in [-0.2, 0) is 4.74 Å². The molecule has 206 valence electrons. The standard InChI is InChI=1S/C29H41F3N2O3/c1-17(34-27(35)26-11-6-20(15-33-26)37-29(30,31)32)24-9-10-25-23-8-5-19-14-18(16-36-3)4-7-21(19)22(23)12-13-28(24,25)2/h6,11,15,17-19,21-25H,4-5,7-10,12-14,16H2,1-3H3,(H,34,35)/t17-,18-,19+,21-,22?,23+,24?,25?,28+/m0/s1. The number of aromatic nitrogens is 1. The number of nitrogens with one attached hydrogen (secondary N) is 1. The van der Waals surface area contributed by atoms with Crippen molar-refractivity contribution in [1.82, 2.24) is 10.3 Å². The predicted octanol–water partition coefficient (Wildman–Crippen LogP) is 6.63. The van der Waals surface area contributed by atoms with Gasteiger partial charge in [-0.2, -0.15) is 0 Å². The number of methoxy groups -OCH3 is 1. The molecule has 1 aromatic heterocycles. The lowest BCUT2D eigenvalue weighted by Crippen LogP contribution is -2.51. The van der Waals surface area contributed by atoms with Crippen molar-refractivity contribution in [2.45, 2.75) is 84.0 Å². The maximum Gasteiger partial charge on any atom is 0.573 e. The first kappa shape index (κ1) is 26.8. The van der Waals surface area contributed by atoms with Gasteiger partial charge < -0.3 is 14.8 Å². The van der Waals surface area contributed by atoms with Crippen LogP contribution in [0.4, 0.5) is 13.2 Å². The lowest BCUT2D eigenvalue weighted by atomic mass is 9.49. The van der Waals surface area contributed by atoms with Crippen molar-refractivity contribution in [1.29, 1.82) is 0 Å². The predicted molar refractivity (Wildman–Crippen MR) is 134 cm³/mol. The van der Waals surface area contributed by atoms with E-state index in [2.05, 4.69) is 28.9 Å². The fourth-order valence-electron chi connectivity index (χ4n) is 9.29. The summed E-state index contributed by atoms with van der Waals surface area (Å²) >= 11 is 0. The van der Waals surface area contributed by atoms with E-state index in [1.165, 1.54) is 57.4 Å². The fraction of sp³-hybridized carbons (Fsp3) is 0.793. The van der Waals surface area contributed by atoms with Crippen molar-refractivity contribution < 1.29 is 27.4 Å². The number of fused-ring (bicyclic) bond motifs is 5. The summed E-state index contributed by atoms with van der Waals surface area (Å²) in [6.45, 7) is 5.44. The molecule has 5 rings (SSSR count). The first-order valence-electron chi connectivity index (χ1n) is 14.1. The second-order valence-corrected chi connectivity index (χ2v) is 12.5. The Kier molecular flexibility index (Phi) is 7.51. The molecule has 0 bridgehead atoms. The molecule has 5 nitrogen and oxygen atoms in total. The summed E-state index contributed by atoms with van der Waals surface area (Å²) in [4.78, 5) is 16.8. The fourth-order valence-corrected chi connectivity index (χ4v) is 9.29. The largest absolute Gasteiger partial charge is 0.573 e. The summed E-state index contributed by atoms with van der Waals surface area (Å²) in [7, 11) is 1.82. The highest BCUT2D eigenvalue weighted by Crippen LogP contribution is 2.64. The molecular formula is C29H41F3N2O3. The van der Waals surface area contributed by atoms with E-state index in [4.69, 9.17) is 4.74 Å². The molecule has 0 aromatic carbocycles. The molecule has 1 amide bonds. The van der Waals surface area contributed by atoms with Crippen molar-refractivity contribution in [3.63, 3.8) is 0 Å². The number of hydrogen-bond donors (Lipinski definition) is 1. The Morgan fingerprint density at radius 1 is 1.11 bits per heavy atom. The van der Waals surface area contributed by atoms with E-state index in [0.717, 1.165) is 54.9 Å². The Balaban J connectivity index is 1.21. The van der Waals surface area contributed by atoms with Crippen molar-refractivity contribution in [3.05, 3.63) is 24.0 Å². The molecule has 0 saturated heterocycles. The maximum atomic E-state index is 12.9. The van der Waals surface area contributed by atoms with Gasteiger partial charge in [0.05, 0.1) is 6.20 Å². The van der Waals surface area contributed by atoms with Gasteiger partial charge in [-0.1, -0.05) is 6.92 Å². The summed E-state index contributed by atoms with van der Waals surface area (Å²) in [6.07, 6.45) is 7.73. The van der Waals surface area contributed by atoms with Crippen LogP contribution in [0.5, 0.6) is 5.75 Å². The molecule has 4 saturated carbocycles. The number of rotatable bonds is 6. The van der Waals surface area contributed by atoms with Gasteiger partial charge in [0.25, 0.3) is 5.91 Å². The smallest absolute Gasteiger partial charge is 0.404 e. The second kappa shape index (κ2) is 10.4. The first-order chi connectivity index (χ1) is 17.6. The van der Waals surface area contributed by atoms with Crippen molar-refractivity contribution in [2.75, 3.05) is 13.7 Å². The summed E-state index contributed by atoms with van der Waals surface area (Å²) in [6, 6.07) is 2.40. The van der Waals surface area contributed by atoms with Gasteiger partial charge in [-0.25, -0.2) is 4.98 Å². The summed E-state index contributed by atoms with van der Waals surface area (Å²) in [5.74, 6) is 4.47. The van der Waals surface area contributed by atoms with Gasteiger partial charge in [0.2, 0.25) is 0 Å². The minimum absolute atomic E-state index is 0.0206. The number of alkyl halides is 3. The van der Waals surface area contributed by atoms with Gasteiger partial charge in [-0.05, 0) is 124 Å². The van der Waals surface area contributed by atoms with E-state index in [9.17, 15) is 18.0 Å². The molecule has 4 aliphatic rings. The van der Waals surface area contributed by atoms with Crippen LogP contribution in [0, 0.1) is 46.8 Å². The zero-order valence-corrected chi connectivity index (χ0v) is 22.2. The van der Waals surface area contributed by atoms with Crippen LogP contribution in [-0.4, -0.2) is 37.0 Å². The Hall–Kier alpha value is -1.83. The summed E-state index contributed by atoms with van der Waals surface area (Å²) in [5, 5.41) is 3.12. The highest BCUT2D eigenvalue weighted by Gasteiger charge is 2.57. The topological polar surface area (TPSA) is 60.5 Å².